The van der Waals surface area contributed by atoms with Crippen molar-refractivity contribution in [2.75, 3.05) is 11.1 Å². The molecule has 4 aromatic rings. The van der Waals surface area contributed by atoms with Gasteiger partial charge in [-0.25, -0.2) is 0 Å². The highest BCUT2D eigenvalue weighted by molar-refractivity contribution is 7.99. The Bertz CT molecular complexity index is 1400. The predicted octanol–water partition coefficient (Wildman–Crippen LogP) is 6.35. The summed E-state index contributed by atoms with van der Waals surface area (Å²) in [5.74, 6) is 0.582. The number of carbonyl (C=O) groups excluding carboxylic acids is 1. The number of amides is 1. The molecule has 0 aliphatic heterocycles. The van der Waals surface area contributed by atoms with Crippen molar-refractivity contribution in [3.05, 3.63) is 98.8 Å². The van der Waals surface area contributed by atoms with Crippen molar-refractivity contribution in [1.82, 2.24) is 14.8 Å². The monoisotopic (exact) mass is 543 g/mol. The van der Waals surface area contributed by atoms with Crippen LogP contribution in [0.5, 0.6) is 5.75 Å². The maximum Gasteiger partial charge on any atom is 0.271 e. The van der Waals surface area contributed by atoms with Crippen LogP contribution in [-0.2, 0) is 4.79 Å². The highest BCUT2D eigenvalue weighted by Gasteiger charge is 2.22. The molecule has 1 amide bonds. The average molecular weight is 544 g/mol. The molecule has 3 aromatic carbocycles. The van der Waals surface area contributed by atoms with Crippen LogP contribution in [0.1, 0.15) is 18.9 Å². The van der Waals surface area contributed by atoms with Gasteiger partial charge in [-0.15, -0.1) is 10.2 Å². The Morgan fingerprint density at radius 1 is 1.08 bits per heavy atom. The van der Waals surface area contributed by atoms with Crippen molar-refractivity contribution in [2.45, 2.75) is 18.2 Å². The van der Waals surface area contributed by atoms with Crippen molar-refractivity contribution < 1.29 is 14.5 Å². The highest BCUT2D eigenvalue weighted by Crippen LogP contribution is 2.31. The van der Waals surface area contributed by atoms with E-state index in [9.17, 15) is 14.9 Å². The molecule has 0 aliphatic carbocycles. The summed E-state index contributed by atoms with van der Waals surface area (Å²) in [6, 6.07) is 20.4. The largest absolute Gasteiger partial charge is 0.481 e. The Balaban J connectivity index is 1.55. The second-order valence-electron chi connectivity index (χ2n) is 7.46. The molecule has 1 atom stereocenters. The lowest BCUT2D eigenvalue weighted by molar-refractivity contribution is -0.384. The number of rotatable bonds is 9. The van der Waals surface area contributed by atoms with Gasteiger partial charge >= 0.3 is 0 Å². The Labute approximate surface area is 220 Å². The minimum Gasteiger partial charge on any atom is -0.481 e. The number of aromatic nitrogens is 3. The van der Waals surface area contributed by atoms with E-state index in [-0.39, 0.29) is 22.2 Å². The van der Waals surface area contributed by atoms with Crippen molar-refractivity contribution in [3.8, 4) is 11.4 Å². The van der Waals surface area contributed by atoms with Gasteiger partial charge in [-0.2, -0.15) is 0 Å². The molecule has 4 rings (SSSR count). The molecule has 0 radical (unpaired) electrons. The lowest BCUT2D eigenvalue weighted by atomic mass is 10.3. The first-order valence-corrected chi connectivity index (χ1v) is 12.4. The molecule has 1 unspecified atom stereocenters. The van der Waals surface area contributed by atoms with E-state index < -0.39 is 16.9 Å². The number of thioether (sulfide) groups is 1. The summed E-state index contributed by atoms with van der Waals surface area (Å²) in [5, 5.41) is 23.4. The molecule has 0 fully saturated rings. The molecule has 36 heavy (non-hydrogen) atoms. The normalized spacial score (nSPS) is 11.6. The number of anilines is 1. The summed E-state index contributed by atoms with van der Waals surface area (Å²) in [6.45, 7) is 1.83. The van der Waals surface area contributed by atoms with Gasteiger partial charge in [0.05, 0.1) is 26.4 Å². The number of nitro benzene ring substituents is 1. The quantitative estimate of drug-likeness (QED) is 0.148. The number of nitrogens with zero attached hydrogens (tertiary/aromatic N) is 4. The lowest BCUT2D eigenvalue weighted by Crippen LogP contribution is -2.15. The van der Waals surface area contributed by atoms with Gasteiger partial charge in [0.15, 0.2) is 17.1 Å². The van der Waals surface area contributed by atoms with E-state index in [2.05, 4.69) is 15.5 Å². The van der Waals surface area contributed by atoms with Crippen LogP contribution in [0.15, 0.2) is 78.0 Å². The number of hydrogen-bond donors (Lipinski definition) is 1. The Hall–Kier alpha value is -3.60. The molecule has 0 saturated carbocycles. The van der Waals surface area contributed by atoms with Crippen molar-refractivity contribution in [1.29, 1.82) is 0 Å². The zero-order valence-corrected chi connectivity index (χ0v) is 21.1. The van der Waals surface area contributed by atoms with Crippen LogP contribution in [0.4, 0.5) is 11.4 Å². The number of nitro groups is 1. The molecule has 1 aromatic heterocycles. The van der Waals surface area contributed by atoms with Crippen molar-refractivity contribution in [3.63, 3.8) is 0 Å². The first-order valence-electron chi connectivity index (χ1n) is 10.6. The SMILES string of the molecule is CC(Oc1ccccc1Cl)c1nnc(SCC(=O)Nc2cc([N+](=O)[O-])ccc2Cl)n1-c1ccccc1. The third-order valence-electron chi connectivity index (χ3n) is 4.94. The van der Waals surface area contributed by atoms with Gasteiger partial charge in [-0.3, -0.25) is 19.5 Å². The Morgan fingerprint density at radius 3 is 2.53 bits per heavy atom. The van der Waals surface area contributed by atoms with E-state index in [1.807, 2.05) is 49.4 Å². The molecule has 1 N–H and O–H groups in total. The number of benzene rings is 3. The average Bonchev–Trinajstić information content (AvgIpc) is 3.30. The highest BCUT2D eigenvalue weighted by atomic mass is 35.5. The van der Waals surface area contributed by atoms with Gasteiger partial charge in [-0.05, 0) is 37.3 Å². The molecule has 0 aliphatic rings. The number of ether oxygens (including phenoxy) is 1. The van der Waals surface area contributed by atoms with Crippen LogP contribution >= 0.6 is 35.0 Å². The number of para-hydroxylation sites is 2. The van der Waals surface area contributed by atoms with Gasteiger partial charge < -0.3 is 10.1 Å². The summed E-state index contributed by atoms with van der Waals surface area (Å²) in [5.41, 5.74) is 0.767. The number of nitrogens with one attached hydrogen (secondary N) is 1. The molecule has 12 heteroatoms. The van der Waals surface area contributed by atoms with Gasteiger partial charge in [0, 0.05) is 17.8 Å². The number of halogens is 2. The van der Waals surface area contributed by atoms with Gasteiger partial charge in [0.2, 0.25) is 5.91 Å². The summed E-state index contributed by atoms with van der Waals surface area (Å²) in [7, 11) is 0. The summed E-state index contributed by atoms with van der Waals surface area (Å²) < 4.78 is 7.85. The van der Waals surface area contributed by atoms with E-state index in [1.165, 1.54) is 18.2 Å². The standard InChI is InChI=1S/C24H19Cl2N5O4S/c1-15(35-21-10-6-5-9-19(21)26)23-28-29-24(30(23)16-7-3-2-4-8-16)36-14-22(32)27-20-13-17(31(33)34)11-12-18(20)25/h2-13,15H,14H2,1H3,(H,27,32). The van der Waals surface area contributed by atoms with E-state index >= 15 is 0 Å². The fourth-order valence-corrected chi connectivity index (χ4v) is 4.38. The topological polar surface area (TPSA) is 112 Å². The fourth-order valence-electron chi connectivity index (χ4n) is 3.28. The zero-order chi connectivity index (χ0) is 25.7. The summed E-state index contributed by atoms with van der Waals surface area (Å²) in [6.07, 6.45) is -0.510. The number of carbonyl (C=O) groups is 1. The smallest absolute Gasteiger partial charge is 0.271 e. The van der Waals surface area contributed by atoms with Gasteiger partial charge in [0.1, 0.15) is 5.75 Å². The Morgan fingerprint density at radius 2 is 1.81 bits per heavy atom. The summed E-state index contributed by atoms with van der Waals surface area (Å²) >= 11 is 13.5. The number of hydrogen-bond acceptors (Lipinski definition) is 7. The minimum atomic E-state index is -0.559. The summed E-state index contributed by atoms with van der Waals surface area (Å²) in [4.78, 5) is 23.1. The fraction of sp³-hybridized carbons (Fsp3) is 0.125. The molecule has 0 bridgehead atoms. The molecule has 1 heterocycles. The van der Waals surface area contributed by atoms with Crippen molar-refractivity contribution in [2.24, 2.45) is 0 Å². The first kappa shape index (κ1) is 25.5. The third-order valence-corrected chi connectivity index (χ3v) is 6.51. The third kappa shape index (κ3) is 5.96. The first-order chi connectivity index (χ1) is 17.3. The lowest BCUT2D eigenvalue weighted by Gasteiger charge is -2.17. The molecule has 0 saturated heterocycles. The van der Waals surface area contributed by atoms with E-state index in [4.69, 9.17) is 27.9 Å². The maximum atomic E-state index is 12.6. The molecular weight excluding hydrogens is 525 g/mol. The van der Waals surface area contributed by atoms with Gasteiger partial charge in [-0.1, -0.05) is 65.3 Å². The minimum absolute atomic E-state index is 0.0380. The molecule has 0 spiro atoms. The second kappa shape index (κ2) is 11.4. The van der Waals surface area contributed by atoms with Crippen molar-refractivity contribution >= 4 is 52.2 Å². The predicted molar refractivity (Wildman–Crippen MR) is 139 cm³/mol. The maximum absolute atomic E-state index is 12.6. The zero-order valence-electron chi connectivity index (χ0n) is 18.8. The van der Waals surface area contributed by atoms with Crippen LogP contribution < -0.4 is 10.1 Å². The van der Waals surface area contributed by atoms with Crippen LogP contribution in [0.3, 0.4) is 0 Å². The van der Waals surface area contributed by atoms with Crippen LogP contribution in [0, 0.1) is 10.1 Å². The molecule has 184 valence electrons. The van der Waals surface area contributed by atoms with Crippen LogP contribution in [0.25, 0.3) is 5.69 Å². The van der Waals surface area contributed by atoms with Gasteiger partial charge in [0.25, 0.3) is 5.69 Å². The van der Waals surface area contributed by atoms with E-state index in [0.29, 0.717) is 21.8 Å². The molecule has 9 nitrogen and oxygen atoms in total. The second-order valence-corrected chi connectivity index (χ2v) is 9.22. The van der Waals surface area contributed by atoms with Crippen LogP contribution in [-0.4, -0.2) is 31.3 Å². The molecular formula is C24H19Cl2N5O4S. The van der Waals surface area contributed by atoms with E-state index in [0.717, 1.165) is 17.4 Å². The Kier molecular flexibility index (Phi) is 8.09. The van der Waals surface area contributed by atoms with Crippen LogP contribution in [0.2, 0.25) is 10.0 Å². The number of non-ortho nitro benzene ring substituents is 1. The van der Waals surface area contributed by atoms with E-state index in [1.54, 1.807) is 16.7 Å².